The Kier molecular flexibility index (Phi) is 3.82. The van der Waals surface area contributed by atoms with Gasteiger partial charge in [0.2, 0.25) is 5.79 Å². The monoisotopic (exact) mass is 294 g/mol. The highest BCUT2D eigenvalue weighted by atomic mass is 79.9. The molecule has 0 aromatic heterocycles. The molecular weight excluding hydrogens is 280 g/mol. The molecule has 2 rings (SSSR count). The zero-order chi connectivity index (χ0) is 12.3. The van der Waals surface area contributed by atoms with Gasteiger partial charge in [0, 0.05) is 19.8 Å². The smallest absolute Gasteiger partial charge is 0.204 e. The van der Waals surface area contributed by atoms with Crippen LogP contribution in [0.1, 0.15) is 5.56 Å². The Labute approximate surface area is 110 Å². The Morgan fingerprint density at radius 1 is 1.00 bits per heavy atom. The third-order valence-electron chi connectivity index (χ3n) is 3.04. The van der Waals surface area contributed by atoms with Crippen molar-refractivity contribution in [3.63, 3.8) is 0 Å². The summed E-state index contributed by atoms with van der Waals surface area (Å²) in [6.45, 7) is 0. The quantitative estimate of drug-likeness (QED) is 0.633. The number of hydrogen-bond donors (Lipinski definition) is 0. The summed E-state index contributed by atoms with van der Waals surface area (Å²) < 4.78 is 11.1. The molecule has 2 nitrogen and oxygen atoms in total. The van der Waals surface area contributed by atoms with Crippen LogP contribution in [0.4, 0.5) is 0 Å². The van der Waals surface area contributed by atoms with E-state index in [9.17, 15) is 0 Å². The molecule has 0 amide bonds. The molecule has 0 saturated carbocycles. The molecule has 0 aliphatic carbocycles. The summed E-state index contributed by atoms with van der Waals surface area (Å²) in [4.78, 5) is 0. The number of benzene rings is 2. The van der Waals surface area contributed by atoms with E-state index in [-0.39, 0.29) is 0 Å². The molecule has 0 fully saturated rings. The molecule has 0 radical (unpaired) electrons. The Morgan fingerprint density at radius 2 is 1.65 bits per heavy atom. The largest absolute Gasteiger partial charge is 0.349 e. The molecule has 0 aliphatic rings. The van der Waals surface area contributed by atoms with Gasteiger partial charge in [-0.25, -0.2) is 0 Å². The van der Waals surface area contributed by atoms with Gasteiger partial charge in [-0.3, -0.25) is 0 Å². The maximum Gasteiger partial charge on any atom is 0.204 e. The summed E-state index contributed by atoms with van der Waals surface area (Å²) in [6.07, 6.45) is 0. The van der Waals surface area contributed by atoms with Gasteiger partial charge < -0.3 is 9.47 Å². The molecule has 0 spiro atoms. The Morgan fingerprint density at radius 3 is 2.29 bits per heavy atom. The molecular formula is C14H15BrO2. The average Bonchev–Trinajstić information content (AvgIpc) is 2.41. The van der Waals surface area contributed by atoms with Crippen LogP contribution in [-0.2, 0) is 15.3 Å². The van der Waals surface area contributed by atoms with Crippen molar-refractivity contribution in [2.24, 2.45) is 0 Å². The van der Waals surface area contributed by atoms with Crippen LogP contribution >= 0.6 is 15.9 Å². The summed E-state index contributed by atoms with van der Waals surface area (Å²) in [6, 6.07) is 14.4. The summed E-state index contributed by atoms with van der Waals surface area (Å²) in [5.41, 5.74) is 1.04. The second-order valence-electron chi connectivity index (χ2n) is 3.82. The first-order chi connectivity index (χ1) is 8.27. The highest BCUT2D eigenvalue weighted by Gasteiger charge is 2.32. The van der Waals surface area contributed by atoms with E-state index in [4.69, 9.17) is 9.47 Å². The van der Waals surface area contributed by atoms with Crippen LogP contribution in [0.2, 0.25) is 0 Å². The summed E-state index contributed by atoms with van der Waals surface area (Å²) in [7, 11) is 3.32. The lowest BCUT2D eigenvalue weighted by Gasteiger charge is -2.30. The van der Waals surface area contributed by atoms with Crippen LogP contribution < -0.4 is 0 Å². The first-order valence-electron chi connectivity index (χ1n) is 5.42. The van der Waals surface area contributed by atoms with Crippen molar-refractivity contribution in [1.29, 1.82) is 0 Å². The topological polar surface area (TPSA) is 18.5 Å². The fraction of sp³-hybridized carbons (Fsp3) is 0.286. The second kappa shape index (κ2) is 5.17. The van der Waals surface area contributed by atoms with Gasteiger partial charge >= 0.3 is 0 Å². The highest BCUT2D eigenvalue weighted by molar-refractivity contribution is 9.09. The zero-order valence-electron chi connectivity index (χ0n) is 9.94. The molecule has 17 heavy (non-hydrogen) atoms. The number of fused-ring (bicyclic) bond motifs is 1. The normalized spacial score (nSPS) is 11.9. The van der Waals surface area contributed by atoms with Crippen LogP contribution in [0.5, 0.6) is 0 Å². The third kappa shape index (κ3) is 2.10. The van der Waals surface area contributed by atoms with Gasteiger partial charge in [0.25, 0.3) is 0 Å². The van der Waals surface area contributed by atoms with Crippen LogP contribution in [0, 0.1) is 0 Å². The molecule has 0 saturated heterocycles. The minimum absolute atomic E-state index is 0.584. The van der Waals surface area contributed by atoms with Gasteiger partial charge in [-0.2, -0.15) is 0 Å². The van der Waals surface area contributed by atoms with Crippen molar-refractivity contribution in [1.82, 2.24) is 0 Å². The average molecular weight is 295 g/mol. The minimum Gasteiger partial charge on any atom is -0.349 e. The first-order valence-corrected chi connectivity index (χ1v) is 6.54. The van der Waals surface area contributed by atoms with Crippen molar-refractivity contribution in [2.75, 3.05) is 19.5 Å². The predicted octanol–water partition coefficient (Wildman–Crippen LogP) is 3.68. The minimum atomic E-state index is -0.735. The summed E-state index contributed by atoms with van der Waals surface area (Å²) in [5.74, 6) is -0.735. The molecule has 0 unspecified atom stereocenters. The van der Waals surface area contributed by atoms with E-state index in [0.717, 1.165) is 10.9 Å². The van der Waals surface area contributed by atoms with Crippen molar-refractivity contribution >= 4 is 26.7 Å². The fourth-order valence-corrected chi connectivity index (χ4v) is 2.80. The first kappa shape index (κ1) is 12.6. The maximum atomic E-state index is 5.56. The highest BCUT2D eigenvalue weighted by Crippen LogP contribution is 2.33. The van der Waals surface area contributed by atoms with E-state index in [1.807, 2.05) is 24.3 Å². The number of hydrogen-bond acceptors (Lipinski definition) is 2. The van der Waals surface area contributed by atoms with E-state index in [1.165, 1.54) is 5.39 Å². The van der Waals surface area contributed by atoms with Crippen LogP contribution in [0.3, 0.4) is 0 Å². The van der Waals surface area contributed by atoms with Crippen molar-refractivity contribution in [2.45, 2.75) is 5.79 Å². The SMILES string of the molecule is COC(CBr)(OC)c1cccc2ccccc12. The number of ether oxygens (including phenoxy) is 2. The number of rotatable bonds is 4. The predicted molar refractivity (Wildman–Crippen MR) is 73.4 cm³/mol. The van der Waals surface area contributed by atoms with E-state index < -0.39 is 5.79 Å². The lowest BCUT2D eigenvalue weighted by Crippen LogP contribution is -2.32. The molecule has 2 aromatic carbocycles. The molecule has 2 aromatic rings. The van der Waals surface area contributed by atoms with Gasteiger partial charge in [-0.15, -0.1) is 0 Å². The molecule has 0 N–H and O–H groups in total. The lowest BCUT2D eigenvalue weighted by atomic mass is 9.99. The van der Waals surface area contributed by atoms with Crippen LogP contribution in [0.25, 0.3) is 10.8 Å². The molecule has 90 valence electrons. The number of alkyl halides is 1. The Balaban J connectivity index is 2.69. The summed E-state index contributed by atoms with van der Waals surface area (Å²) >= 11 is 3.47. The van der Waals surface area contributed by atoms with Gasteiger partial charge in [-0.1, -0.05) is 58.4 Å². The molecule has 0 aliphatic heterocycles. The van der Waals surface area contributed by atoms with Crippen LogP contribution in [-0.4, -0.2) is 19.5 Å². The van der Waals surface area contributed by atoms with Gasteiger partial charge in [0.15, 0.2) is 0 Å². The maximum absolute atomic E-state index is 5.56. The van der Waals surface area contributed by atoms with E-state index in [1.54, 1.807) is 14.2 Å². The molecule has 0 atom stereocenters. The standard InChI is InChI=1S/C14H15BrO2/c1-16-14(10-15,17-2)13-9-5-7-11-6-3-4-8-12(11)13/h3-9H,10H2,1-2H3. The zero-order valence-corrected chi connectivity index (χ0v) is 11.5. The van der Waals surface area contributed by atoms with Crippen molar-refractivity contribution in [3.8, 4) is 0 Å². The van der Waals surface area contributed by atoms with E-state index in [2.05, 4.69) is 34.1 Å². The molecule has 0 bridgehead atoms. The second-order valence-corrected chi connectivity index (χ2v) is 4.38. The van der Waals surface area contributed by atoms with Gasteiger partial charge in [0.05, 0.1) is 5.33 Å². The molecule has 3 heteroatoms. The van der Waals surface area contributed by atoms with Crippen molar-refractivity contribution < 1.29 is 9.47 Å². The van der Waals surface area contributed by atoms with Gasteiger partial charge in [-0.05, 0) is 10.8 Å². The lowest BCUT2D eigenvalue weighted by molar-refractivity contribution is -0.196. The third-order valence-corrected chi connectivity index (χ3v) is 3.77. The van der Waals surface area contributed by atoms with Gasteiger partial charge in [0.1, 0.15) is 0 Å². The number of methoxy groups -OCH3 is 2. The number of halogens is 1. The van der Waals surface area contributed by atoms with Crippen LogP contribution in [0.15, 0.2) is 42.5 Å². The van der Waals surface area contributed by atoms with E-state index >= 15 is 0 Å². The van der Waals surface area contributed by atoms with Crippen molar-refractivity contribution in [3.05, 3.63) is 48.0 Å². The Hall–Kier alpha value is -0.900. The fourth-order valence-electron chi connectivity index (χ4n) is 2.04. The molecule has 0 heterocycles. The van der Waals surface area contributed by atoms with E-state index in [0.29, 0.717) is 5.33 Å². The summed E-state index contributed by atoms with van der Waals surface area (Å²) in [5, 5.41) is 2.92. The Bertz CT molecular complexity index is 493.